The van der Waals surface area contributed by atoms with Crippen molar-refractivity contribution in [1.29, 1.82) is 0 Å². The Balaban J connectivity index is 2.53. The van der Waals surface area contributed by atoms with Gasteiger partial charge in [0.05, 0.1) is 5.69 Å². The van der Waals surface area contributed by atoms with Crippen molar-refractivity contribution in [1.82, 2.24) is 0 Å². The van der Waals surface area contributed by atoms with E-state index in [9.17, 15) is 4.79 Å². The van der Waals surface area contributed by atoms with Crippen LogP contribution in [0, 0.1) is 0 Å². The molecule has 0 spiro atoms. The fourth-order valence-corrected chi connectivity index (χ4v) is 1.82. The third-order valence-electron chi connectivity index (χ3n) is 2.74. The molecule has 1 aromatic carbocycles. The molecule has 16 heavy (non-hydrogen) atoms. The SMILES string of the molecule is CC1Oc2c(cccc2C(C)(C)C)NC1=O. The van der Waals surface area contributed by atoms with Crippen LogP contribution in [0.2, 0.25) is 0 Å². The first-order valence-corrected chi connectivity index (χ1v) is 5.50. The van der Waals surface area contributed by atoms with Crippen LogP contribution in [-0.2, 0) is 10.2 Å². The summed E-state index contributed by atoms with van der Waals surface area (Å²) in [5.41, 5.74) is 1.90. The lowest BCUT2D eigenvalue weighted by molar-refractivity contribution is -0.122. The second kappa shape index (κ2) is 3.51. The van der Waals surface area contributed by atoms with Crippen molar-refractivity contribution >= 4 is 11.6 Å². The Morgan fingerprint density at radius 2 is 2.00 bits per heavy atom. The van der Waals surface area contributed by atoms with E-state index in [1.54, 1.807) is 6.92 Å². The van der Waals surface area contributed by atoms with Gasteiger partial charge in [-0.2, -0.15) is 0 Å². The second-order valence-corrected chi connectivity index (χ2v) is 5.18. The van der Waals surface area contributed by atoms with Gasteiger partial charge in [-0.05, 0) is 18.4 Å². The Morgan fingerprint density at radius 1 is 1.31 bits per heavy atom. The average Bonchev–Trinajstić information content (AvgIpc) is 2.17. The first kappa shape index (κ1) is 11.0. The summed E-state index contributed by atoms with van der Waals surface area (Å²) in [6, 6.07) is 5.86. The van der Waals surface area contributed by atoms with Crippen LogP contribution in [0.25, 0.3) is 0 Å². The lowest BCUT2D eigenvalue weighted by atomic mass is 9.85. The third kappa shape index (κ3) is 1.77. The van der Waals surface area contributed by atoms with E-state index in [4.69, 9.17) is 4.74 Å². The lowest BCUT2D eigenvalue weighted by Crippen LogP contribution is -2.35. The average molecular weight is 219 g/mol. The summed E-state index contributed by atoms with van der Waals surface area (Å²) >= 11 is 0. The molecule has 1 atom stereocenters. The van der Waals surface area contributed by atoms with Crippen LogP contribution in [0.4, 0.5) is 5.69 Å². The zero-order valence-corrected chi connectivity index (χ0v) is 10.1. The fourth-order valence-electron chi connectivity index (χ4n) is 1.82. The number of hydrogen-bond donors (Lipinski definition) is 1. The first-order valence-electron chi connectivity index (χ1n) is 5.50. The predicted molar refractivity (Wildman–Crippen MR) is 63.9 cm³/mol. The molecule has 1 aliphatic heterocycles. The van der Waals surface area contributed by atoms with Crippen LogP contribution in [-0.4, -0.2) is 12.0 Å². The minimum atomic E-state index is -0.420. The van der Waals surface area contributed by atoms with Crippen LogP contribution in [0.3, 0.4) is 0 Å². The van der Waals surface area contributed by atoms with Gasteiger partial charge in [-0.25, -0.2) is 0 Å². The van der Waals surface area contributed by atoms with Gasteiger partial charge < -0.3 is 10.1 Å². The first-order chi connectivity index (χ1) is 7.39. The molecule has 86 valence electrons. The smallest absolute Gasteiger partial charge is 0.265 e. The van der Waals surface area contributed by atoms with Crippen molar-refractivity contribution < 1.29 is 9.53 Å². The maximum absolute atomic E-state index is 11.5. The standard InChI is InChI=1S/C13H17NO2/c1-8-12(15)14-10-7-5-6-9(11(10)16-8)13(2,3)4/h5-8H,1-4H3,(H,14,15). The van der Waals surface area contributed by atoms with Gasteiger partial charge in [0.1, 0.15) is 5.75 Å². The molecule has 0 aromatic heterocycles. The predicted octanol–water partition coefficient (Wildman–Crippen LogP) is 2.70. The topological polar surface area (TPSA) is 38.3 Å². The summed E-state index contributed by atoms with van der Waals surface area (Å²) in [5, 5.41) is 2.86. The minimum Gasteiger partial charge on any atom is -0.478 e. The highest BCUT2D eigenvalue weighted by Crippen LogP contribution is 2.39. The van der Waals surface area contributed by atoms with Crippen molar-refractivity contribution in [2.24, 2.45) is 0 Å². The van der Waals surface area contributed by atoms with Gasteiger partial charge in [-0.1, -0.05) is 32.9 Å². The molecule has 0 saturated heterocycles. The maximum Gasteiger partial charge on any atom is 0.265 e. The van der Waals surface area contributed by atoms with Gasteiger partial charge >= 0.3 is 0 Å². The highest BCUT2D eigenvalue weighted by molar-refractivity contribution is 5.97. The van der Waals surface area contributed by atoms with Crippen molar-refractivity contribution in [2.75, 3.05) is 5.32 Å². The molecule has 3 nitrogen and oxygen atoms in total. The molecule has 0 fully saturated rings. The maximum atomic E-state index is 11.5. The monoisotopic (exact) mass is 219 g/mol. The third-order valence-corrected chi connectivity index (χ3v) is 2.74. The van der Waals surface area contributed by atoms with E-state index in [-0.39, 0.29) is 11.3 Å². The van der Waals surface area contributed by atoms with Gasteiger partial charge in [0, 0.05) is 5.56 Å². The quantitative estimate of drug-likeness (QED) is 0.728. The van der Waals surface area contributed by atoms with Crippen molar-refractivity contribution in [3.05, 3.63) is 23.8 Å². The lowest BCUT2D eigenvalue weighted by Gasteiger charge is -2.29. The number of carbonyl (C=O) groups excluding carboxylic acids is 1. The molecule has 0 saturated carbocycles. The minimum absolute atomic E-state index is 0.00707. The van der Waals surface area contributed by atoms with Gasteiger partial charge in [0.2, 0.25) is 0 Å². The number of nitrogens with one attached hydrogen (secondary N) is 1. The summed E-state index contributed by atoms with van der Waals surface area (Å²) in [6.45, 7) is 8.16. The molecule has 1 heterocycles. The van der Waals surface area contributed by atoms with E-state index >= 15 is 0 Å². The molecule has 3 heteroatoms. The molecular formula is C13H17NO2. The number of rotatable bonds is 0. The molecule has 1 amide bonds. The molecule has 1 N–H and O–H groups in total. The Kier molecular flexibility index (Phi) is 2.41. The zero-order chi connectivity index (χ0) is 11.9. The number of fused-ring (bicyclic) bond motifs is 1. The largest absolute Gasteiger partial charge is 0.478 e. The van der Waals surface area contributed by atoms with Gasteiger partial charge in [-0.15, -0.1) is 0 Å². The van der Waals surface area contributed by atoms with Crippen molar-refractivity contribution in [2.45, 2.75) is 39.2 Å². The number of ether oxygens (including phenoxy) is 1. The molecule has 1 unspecified atom stereocenters. The molecule has 0 radical (unpaired) electrons. The molecular weight excluding hydrogens is 202 g/mol. The summed E-state index contributed by atoms with van der Waals surface area (Å²) in [4.78, 5) is 11.5. The van der Waals surface area contributed by atoms with Crippen LogP contribution in [0.15, 0.2) is 18.2 Å². The summed E-state index contributed by atoms with van der Waals surface area (Å²) in [7, 11) is 0. The van der Waals surface area contributed by atoms with E-state index in [1.807, 2.05) is 18.2 Å². The molecule has 0 aliphatic carbocycles. The number of benzene rings is 1. The highest BCUT2D eigenvalue weighted by Gasteiger charge is 2.29. The molecule has 1 aromatic rings. The van der Waals surface area contributed by atoms with E-state index in [0.29, 0.717) is 0 Å². The molecule has 2 rings (SSSR count). The van der Waals surface area contributed by atoms with Crippen LogP contribution in [0.5, 0.6) is 5.75 Å². The second-order valence-electron chi connectivity index (χ2n) is 5.18. The highest BCUT2D eigenvalue weighted by atomic mass is 16.5. The Hall–Kier alpha value is -1.51. The summed E-state index contributed by atoms with van der Waals surface area (Å²) < 4.78 is 5.69. The number of hydrogen-bond acceptors (Lipinski definition) is 2. The van der Waals surface area contributed by atoms with Gasteiger partial charge in [0.15, 0.2) is 6.10 Å². The van der Waals surface area contributed by atoms with Crippen molar-refractivity contribution in [3.8, 4) is 5.75 Å². The van der Waals surface area contributed by atoms with E-state index < -0.39 is 6.10 Å². The van der Waals surface area contributed by atoms with E-state index in [2.05, 4.69) is 26.1 Å². The van der Waals surface area contributed by atoms with Crippen LogP contribution >= 0.6 is 0 Å². The zero-order valence-electron chi connectivity index (χ0n) is 10.1. The molecule has 1 aliphatic rings. The van der Waals surface area contributed by atoms with Crippen molar-refractivity contribution in [3.63, 3.8) is 0 Å². The fraction of sp³-hybridized carbons (Fsp3) is 0.462. The number of para-hydroxylation sites is 1. The number of amides is 1. The van der Waals surface area contributed by atoms with E-state index in [0.717, 1.165) is 17.0 Å². The normalized spacial score (nSPS) is 19.8. The van der Waals surface area contributed by atoms with Gasteiger partial charge in [0.25, 0.3) is 5.91 Å². The summed E-state index contributed by atoms with van der Waals surface area (Å²) in [6.07, 6.45) is -0.420. The Morgan fingerprint density at radius 3 is 2.62 bits per heavy atom. The van der Waals surface area contributed by atoms with Crippen LogP contribution < -0.4 is 10.1 Å². The Labute approximate surface area is 95.8 Å². The number of carbonyl (C=O) groups is 1. The van der Waals surface area contributed by atoms with Crippen LogP contribution in [0.1, 0.15) is 33.3 Å². The summed E-state index contributed by atoms with van der Waals surface area (Å²) in [5.74, 6) is 0.723. The van der Waals surface area contributed by atoms with Gasteiger partial charge in [-0.3, -0.25) is 4.79 Å². The Bertz CT molecular complexity index is 432. The molecule has 0 bridgehead atoms. The number of anilines is 1. The van der Waals surface area contributed by atoms with E-state index in [1.165, 1.54) is 0 Å².